The van der Waals surface area contributed by atoms with Gasteiger partial charge in [-0.2, -0.15) is 0 Å². The number of halogens is 1. The molecule has 0 aliphatic carbocycles. The van der Waals surface area contributed by atoms with Crippen LogP contribution in [-0.2, 0) is 0 Å². The largest absolute Gasteiger partial charge is 0.496 e. The summed E-state index contributed by atoms with van der Waals surface area (Å²) >= 11 is 6.02. The van der Waals surface area contributed by atoms with E-state index in [0.29, 0.717) is 21.9 Å². The van der Waals surface area contributed by atoms with Crippen LogP contribution in [0.25, 0.3) is 0 Å². The molecule has 0 aromatic heterocycles. The number of ketones is 1. The number of ether oxygens (including phenoxy) is 1. The van der Waals surface area contributed by atoms with Crippen LogP contribution >= 0.6 is 11.6 Å². The molecule has 0 aliphatic rings. The molecular formula is C15H13ClO2. The predicted octanol–water partition coefficient (Wildman–Crippen LogP) is 3.89. The first-order valence-corrected chi connectivity index (χ1v) is 5.95. The molecular weight excluding hydrogens is 248 g/mol. The van der Waals surface area contributed by atoms with Crippen molar-refractivity contribution in [2.24, 2.45) is 0 Å². The lowest BCUT2D eigenvalue weighted by Gasteiger charge is -2.11. The number of methoxy groups -OCH3 is 1. The third kappa shape index (κ3) is 2.24. The molecule has 2 rings (SSSR count). The second-order valence-corrected chi connectivity index (χ2v) is 4.36. The monoisotopic (exact) mass is 260 g/mol. The number of rotatable bonds is 3. The number of carbonyl (C=O) groups is 1. The molecule has 0 unspecified atom stereocenters. The van der Waals surface area contributed by atoms with Gasteiger partial charge in [-0.1, -0.05) is 41.9 Å². The van der Waals surface area contributed by atoms with Gasteiger partial charge in [-0.05, 0) is 19.1 Å². The second kappa shape index (κ2) is 5.23. The molecule has 0 atom stereocenters. The Hall–Kier alpha value is -1.80. The van der Waals surface area contributed by atoms with Crippen LogP contribution in [0.3, 0.4) is 0 Å². The molecule has 2 nitrogen and oxygen atoms in total. The Kier molecular flexibility index (Phi) is 3.68. The zero-order valence-electron chi connectivity index (χ0n) is 10.2. The number of benzene rings is 2. The zero-order valence-corrected chi connectivity index (χ0v) is 11.0. The fraction of sp³-hybridized carbons (Fsp3) is 0.133. The van der Waals surface area contributed by atoms with Gasteiger partial charge < -0.3 is 4.74 Å². The van der Waals surface area contributed by atoms with E-state index in [9.17, 15) is 4.79 Å². The Morgan fingerprint density at radius 3 is 2.39 bits per heavy atom. The van der Waals surface area contributed by atoms with E-state index in [0.717, 1.165) is 5.56 Å². The first-order chi connectivity index (χ1) is 8.65. The lowest BCUT2D eigenvalue weighted by atomic mass is 10.0. The summed E-state index contributed by atoms with van der Waals surface area (Å²) in [6, 6.07) is 12.5. The summed E-state index contributed by atoms with van der Waals surface area (Å²) in [6.45, 7) is 1.84. The maximum Gasteiger partial charge on any atom is 0.196 e. The van der Waals surface area contributed by atoms with Crippen LogP contribution < -0.4 is 4.74 Å². The molecule has 0 radical (unpaired) electrons. The maximum absolute atomic E-state index is 12.4. The Balaban J connectivity index is 2.52. The normalized spacial score (nSPS) is 10.2. The topological polar surface area (TPSA) is 26.3 Å². The average molecular weight is 261 g/mol. The van der Waals surface area contributed by atoms with Crippen LogP contribution in [0.2, 0.25) is 5.02 Å². The van der Waals surface area contributed by atoms with E-state index in [2.05, 4.69) is 0 Å². The first kappa shape index (κ1) is 12.7. The summed E-state index contributed by atoms with van der Waals surface area (Å²) in [5.41, 5.74) is 1.95. The summed E-state index contributed by atoms with van der Waals surface area (Å²) in [4.78, 5) is 12.4. The number of hydrogen-bond acceptors (Lipinski definition) is 2. The fourth-order valence-corrected chi connectivity index (χ4v) is 2.00. The minimum absolute atomic E-state index is 0.0628. The van der Waals surface area contributed by atoms with Crippen molar-refractivity contribution in [2.45, 2.75) is 6.92 Å². The van der Waals surface area contributed by atoms with Crippen molar-refractivity contribution in [2.75, 3.05) is 7.11 Å². The first-order valence-electron chi connectivity index (χ1n) is 5.58. The van der Waals surface area contributed by atoms with E-state index in [4.69, 9.17) is 16.3 Å². The zero-order chi connectivity index (χ0) is 13.1. The summed E-state index contributed by atoms with van der Waals surface area (Å²) in [5, 5.41) is 0.594. The molecule has 0 bridgehead atoms. The highest BCUT2D eigenvalue weighted by Gasteiger charge is 2.17. The highest BCUT2D eigenvalue weighted by molar-refractivity contribution is 6.31. The van der Waals surface area contributed by atoms with Gasteiger partial charge in [0.15, 0.2) is 5.78 Å². The molecule has 92 valence electrons. The average Bonchev–Trinajstić information content (AvgIpc) is 2.42. The summed E-state index contributed by atoms with van der Waals surface area (Å²) < 4.78 is 5.29. The number of hydrogen-bond donors (Lipinski definition) is 0. The molecule has 2 aromatic carbocycles. The van der Waals surface area contributed by atoms with Crippen molar-refractivity contribution in [3.8, 4) is 5.75 Å². The van der Waals surface area contributed by atoms with Crippen molar-refractivity contribution in [1.29, 1.82) is 0 Å². The molecule has 18 heavy (non-hydrogen) atoms. The third-order valence-corrected chi connectivity index (χ3v) is 3.23. The molecule has 0 saturated carbocycles. The Morgan fingerprint density at radius 1 is 1.11 bits per heavy atom. The van der Waals surface area contributed by atoms with Crippen molar-refractivity contribution in [1.82, 2.24) is 0 Å². The van der Waals surface area contributed by atoms with Gasteiger partial charge in [-0.25, -0.2) is 0 Å². The summed E-state index contributed by atoms with van der Waals surface area (Å²) in [5.74, 6) is 0.476. The minimum atomic E-state index is -0.0628. The van der Waals surface area contributed by atoms with Crippen LogP contribution in [0.4, 0.5) is 0 Å². The molecule has 0 heterocycles. The lowest BCUT2D eigenvalue weighted by Crippen LogP contribution is -2.05. The second-order valence-electron chi connectivity index (χ2n) is 3.95. The molecule has 0 fully saturated rings. The smallest absolute Gasteiger partial charge is 0.196 e. The van der Waals surface area contributed by atoms with Gasteiger partial charge in [0.1, 0.15) is 5.75 Å². The van der Waals surface area contributed by atoms with Crippen LogP contribution in [0, 0.1) is 6.92 Å². The Bertz CT molecular complexity index is 577. The van der Waals surface area contributed by atoms with Gasteiger partial charge in [0.05, 0.1) is 12.7 Å². The minimum Gasteiger partial charge on any atom is -0.496 e. The van der Waals surface area contributed by atoms with E-state index in [1.165, 1.54) is 0 Å². The van der Waals surface area contributed by atoms with Crippen molar-refractivity contribution in [3.05, 3.63) is 64.2 Å². The maximum atomic E-state index is 12.4. The van der Waals surface area contributed by atoms with Gasteiger partial charge in [-0.15, -0.1) is 0 Å². The van der Waals surface area contributed by atoms with Crippen molar-refractivity contribution < 1.29 is 9.53 Å². The van der Waals surface area contributed by atoms with Crippen LogP contribution in [-0.4, -0.2) is 12.9 Å². The predicted molar refractivity (Wildman–Crippen MR) is 72.6 cm³/mol. The van der Waals surface area contributed by atoms with Gasteiger partial charge in [-0.3, -0.25) is 4.79 Å². The van der Waals surface area contributed by atoms with Gasteiger partial charge in [0, 0.05) is 16.1 Å². The quantitative estimate of drug-likeness (QED) is 0.783. The van der Waals surface area contributed by atoms with E-state index in [1.54, 1.807) is 31.4 Å². The highest BCUT2D eigenvalue weighted by atomic mass is 35.5. The van der Waals surface area contributed by atoms with Crippen molar-refractivity contribution in [3.63, 3.8) is 0 Å². The standard InChI is InChI=1S/C15H13ClO2/c1-10-13(16)9-8-12(15(10)18-2)14(17)11-6-4-3-5-7-11/h3-9H,1-2H3. The fourth-order valence-electron chi connectivity index (χ4n) is 1.85. The van der Waals surface area contributed by atoms with Gasteiger partial charge in [0.2, 0.25) is 0 Å². The Morgan fingerprint density at radius 2 is 1.78 bits per heavy atom. The van der Waals surface area contributed by atoms with Crippen LogP contribution in [0.1, 0.15) is 21.5 Å². The van der Waals surface area contributed by atoms with E-state index in [1.807, 2.05) is 25.1 Å². The molecule has 2 aromatic rings. The van der Waals surface area contributed by atoms with E-state index >= 15 is 0 Å². The van der Waals surface area contributed by atoms with Crippen molar-refractivity contribution >= 4 is 17.4 Å². The van der Waals surface area contributed by atoms with Crippen LogP contribution in [0.5, 0.6) is 5.75 Å². The SMILES string of the molecule is COc1c(C(=O)c2ccccc2)ccc(Cl)c1C. The van der Waals surface area contributed by atoms with Gasteiger partial charge in [0.25, 0.3) is 0 Å². The van der Waals surface area contributed by atoms with Crippen LogP contribution in [0.15, 0.2) is 42.5 Å². The third-order valence-electron chi connectivity index (χ3n) is 2.82. The molecule has 0 aliphatic heterocycles. The number of carbonyl (C=O) groups excluding carboxylic acids is 1. The molecule has 0 amide bonds. The highest BCUT2D eigenvalue weighted by Crippen LogP contribution is 2.30. The molecule has 0 spiro atoms. The summed E-state index contributed by atoms with van der Waals surface area (Å²) in [6.07, 6.45) is 0. The molecule has 3 heteroatoms. The van der Waals surface area contributed by atoms with E-state index in [-0.39, 0.29) is 5.78 Å². The Labute approximate surface area is 111 Å². The van der Waals surface area contributed by atoms with E-state index < -0.39 is 0 Å². The molecule has 0 saturated heterocycles. The molecule has 0 N–H and O–H groups in total. The lowest BCUT2D eigenvalue weighted by molar-refractivity contribution is 0.103. The van der Waals surface area contributed by atoms with Gasteiger partial charge >= 0.3 is 0 Å². The summed E-state index contributed by atoms with van der Waals surface area (Å²) in [7, 11) is 1.54.